The Labute approximate surface area is 213 Å². The summed E-state index contributed by atoms with van der Waals surface area (Å²) in [7, 11) is 1.57. The number of anilines is 1. The normalized spacial score (nSPS) is 21.8. The Morgan fingerprint density at radius 2 is 1.80 bits per heavy atom. The van der Waals surface area contributed by atoms with Crippen LogP contribution < -0.4 is 10.6 Å². The molecule has 10 heteroatoms. The molecule has 2 fully saturated rings. The lowest BCUT2D eigenvalue weighted by atomic mass is 9.80. The molecule has 0 radical (unpaired) electrons. The van der Waals surface area contributed by atoms with Gasteiger partial charge in [0.05, 0.1) is 23.9 Å². The van der Waals surface area contributed by atoms with Crippen LogP contribution in [0.15, 0.2) is 42.5 Å². The van der Waals surface area contributed by atoms with Crippen molar-refractivity contribution < 1.29 is 14.4 Å². The average Bonchev–Trinajstić information content (AvgIpc) is 3.32. The summed E-state index contributed by atoms with van der Waals surface area (Å²) in [6, 6.07) is 13.0. The lowest BCUT2D eigenvalue weighted by Crippen LogP contribution is -2.54. The second-order valence-electron chi connectivity index (χ2n) is 8.84. The first-order chi connectivity index (χ1) is 16.7. The van der Waals surface area contributed by atoms with Gasteiger partial charge >= 0.3 is 6.03 Å². The highest BCUT2D eigenvalue weighted by atomic mass is 35.5. The van der Waals surface area contributed by atoms with E-state index in [4.69, 9.17) is 28.9 Å². The van der Waals surface area contributed by atoms with Gasteiger partial charge in [-0.05, 0) is 55.3 Å². The van der Waals surface area contributed by atoms with Gasteiger partial charge in [-0.2, -0.15) is 5.26 Å². The minimum atomic E-state index is -1.32. The molecule has 0 bridgehead atoms. The fourth-order valence-corrected chi connectivity index (χ4v) is 5.49. The van der Waals surface area contributed by atoms with Crippen LogP contribution in [0.5, 0.6) is 0 Å². The zero-order chi connectivity index (χ0) is 25.3. The van der Waals surface area contributed by atoms with Crippen molar-refractivity contribution >= 4 is 46.7 Å². The molecule has 35 heavy (non-hydrogen) atoms. The van der Waals surface area contributed by atoms with Gasteiger partial charge in [0.25, 0.3) is 5.91 Å². The molecule has 8 nitrogen and oxygen atoms in total. The Bertz CT molecular complexity index is 1190. The number of imide groups is 1. The quantitative estimate of drug-likeness (QED) is 0.466. The first-order valence-corrected chi connectivity index (χ1v) is 12.0. The number of unbranched alkanes of at least 4 members (excludes halogenated alkanes) is 1. The van der Waals surface area contributed by atoms with Crippen LogP contribution in [0.4, 0.5) is 10.5 Å². The molecule has 1 spiro atoms. The van der Waals surface area contributed by atoms with Gasteiger partial charge in [-0.3, -0.25) is 9.59 Å². The smallest absolute Gasteiger partial charge is 0.332 e. The van der Waals surface area contributed by atoms with Crippen molar-refractivity contribution in [2.24, 2.45) is 5.73 Å². The molecule has 4 rings (SSSR count). The summed E-state index contributed by atoms with van der Waals surface area (Å²) in [5, 5.41) is 9.78. The minimum Gasteiger partial charge on any atom is -0.339 e. The van der Waals surface area contributed by atoms with E-state index in [0.29, 0.717) is 35.0 Å². The zero-order valence-corrected chi connectivity index (χ0v) is 20.7. The lowest BCUT2D eigenvalue weighted by Gasteiger charge is -2.33. The maximum absolute atomic E-state index is 14.1. The van der Waals surface area contributed by atoms with Crippen molar-refractivity contribution in [3.63, 3.8) is 0 Å². The van der Waals surface area contributed by atoms with E-state index >= 15 is 0 Å². The van der Waals surface area contributed by atoms with Gasteiger partial charge < -0.3 is 15.5 Å². The number of carbonyl (C=O) groups excluding carboxylic acids is 3. The molecule has 2 aliphatic heterocycles. The number of likely N-dealkylation sites (tertiary alicyclic amines) is 1. The summed E-state index contributed by atoms with van der Waals surface area (Å²) in [5.41, 5.74) is 5.77. The Hall–Kier alpha value is -3.12. The fourth-order valence-electron chi connectivity index (χ4n) is 4.97. The first kappa shape index (κ1) is 25.0. The molecule has 2 saturated heterocycles. The summed E-state index contributed by atoms with van der Waals surface area (Å²) in [6.07, 6.45) is 1.69. The van der Waals surface area contributed by atoms with Gasteiger partial charge in [0.1, 0.15) is 5.54 Å². The lowest BCUT2D eigenvalue weighted by molar-refractivity contribution is -0.131. The molecule has 2 heterocycles. The molecule has 0 aliphatic carbocycles. The van der Waals surface area contributed by atoms with Gasteiger partial charge in [-0.25, -0.2) is 9.69 Å². The highest BCUT2D eigenvalue weighted by Crippen LogP contribution is 2.46. The Morgan fingerprint density at radius 1 is 1.14 bits per heavy atom. The number of hydrogen-bond donors (Lipinski definition) is 1. The van der Waals surface area contributed by atoms with E-state index in [2.05, 4.69) is 6.07 Å². The molecule has 0 aromatic heterocycles. The van der Waals surface area contributed by atoms with Crippen LogP contribution >= 0.6 is 23.2 Å². The summed E-state index contributed by atoms with van der Waals surface area (Å²) >= 11 is 12.3. The molecule has 0 saturated carbocycles. The number of likely N-dealkylation sites (N-methyl/N-ethyl adjacent to an activating group) is 1. The summed E-state index contributed by atoms with van der Waals surface area (Å²) in [4.78, 5) is 44.7. The molecule has 2 aromatic carbocycles. The highest BCUT2D eigenvalue weighted by molar-refractivity contribution is 6.35. The van der Waals surface area contributed by atoms with Crippen LogP contribution in [0.3, 0.4) is 0 Å². The second kappa shape index (κ2) is 9.86. The third kappa shape index (κ3) is 4.36. The average molecular weight is 514 g/mol. The number of carbonyl (C=O) groups is 3. The van der Waals surface area contributed by atoms with E-state index in [1.165, 1.54) is 23.1 Å². The Balaban J connectivity index is 1.77. The summed E-state index contributed by atoms with van der Waals surface area (Å²) in [6.45, 7) is 0.823. The van der Waals surface area contributed by atoms with E-state index in [9.17, 15) is 19.6 Å². The number of amides is 4. The molecule has 2 N–H and O–H groups in total. The van der Waals surface area contributed by atoms with Crippen molar-refractivity contribution in [2.45, 2.75) is 30.7 Å². The monoisotopic (exact) mass is 513 g/mol. The molecular formula is C25H25Cl2N5O3. The summed E-state index contributed by atoms with van der Waals surface area (Å²) < 4.78 is 0. The van der Waals surface area contributed by atoms with Gasteiger partial charge in [-0.1, -0.05) is 35.3 Å². The predicted molar refractivity (Wildman–Crippen MR) is 133 cm³/mol. The number of nitrogens with zero attached hydrogens (tertiary/aromatic N) is 4. The van der Waals surface area contributed by atoms with Crippen LogP contribution in [0.25, 0.3) is 0 Å². The van der Waals surface area contributed by atoms with Gasteiger partial charge in [0.2, 0.25) is 5.91 Å². The van der Waals surface area contributed by atoms with Crippen LogP contribution in [0.2, 0.25) is 10.0 Å². The number of nitriles is 1. The maximum Gasteiger partial charge on any atom is 0.332 e. The summed E-state index contributed by atoms with van der Waals surface area (Å²) in [5.74, 6) is -1.03. The molecule has 4 amide bonds. The molecule has 0 unspecified atom stereocenters. The zero-order valence-electron chi connectivity index (χ0n) is 19.2. The first-order valence-electron chi connectivity index (χ1n) is 11.3. The van der Waals surface area contributed by atoms with Gasteiger partial charge in [0, 0.05) is 36.0 Å². The Kier molecular flexibility index (Phi) is 7.04. The molecule has 2 aliphatic rings. The van der Waals surface area contributed by atoms with E-state index in [1.54, 1.807) is 36.2 Å². The highest BCUT2D eigenvalue weighted by Gasteiger charge is 2.64. The Morgan fingerprint density at radius 3 is 2.40 bits per heavy atom. The third-order valence-electron chi connectivity index (χ3n) is 6.81. The number of rotatable bonds is 6. The topological polar surface area (TPSA) is 111 Å². The molecular weight excluding hydrogens is 489 g/mol. The SMILES string of the molecule is CN1C(=O)N(c2cc(Cl)cc(Cl)c2)C(=O)[C@]12CN(C(=O)CCCCN)C[C@H]2c1ccc(C#N)cc1. The van der Waals surface area contributed by atoms with E-state index < -0.39 is 23.4 Å². The minimum absolute atomic E-state index is 0.0605. The largest absolute Gasteiger partial charge is 0.339 e. The standard InChI is InChI=1S/C25H25Cl2N5O3/c1-30-24(35)32(20-11-18(26)10-19(27)12-20)23(34)25(30)15-31(22(33)4-2-3-9-28)14-21(25)17-7-5-16(13-29)6-8-17/h5-8,10-12,21H,2-4,9,14-15,28H2,1H3/t21-,25+/m0/s1. The number of halogens is 2. The van der Waals surface area contributed by atoms with Crippen LogP contribution in [0, 0.1) is 11.3 Å². The number of benzene rings is 2. The van der Waals surface area contributed by atoms with Crippen LogP contribution in [-0.2, 0) is 9.59 Å². The van der Waals surface area contributed by atoms with Gasteiger partial charge in [-0.15, -0.1) is 0 Å². The maximum atomic E-state index is 14.1. The van der Waals surface area contributed by atoms with Crippen molar-refractivity contribution in [3.8, 4) is 6.07 Å². The van der Waals surface area contributed by atoms with E-state index in [1.807, 2.05) is 0 Å². The fraction of sp³-hybridized carbons (Fsp3) is 0.360. The number of nitrogens with two attached hydrogens (primary N) is 1. The van der Waals surface area contributed by atoms with Crippen molar-refractivity contribution in [3.05, 3.63) is 63.6 Å². The van der Waals surface area contributed by atoms with Crippen molar-refractivity contribution in [2.75, 3.05) is 31.6 Å². The van der Waals surface area contributed by atoms with Gasteiger partial charge in [0.15, 0.2) is 0 Å². The third-order valence-corrected chi connectivity index (χ3v) is 7.24. The van der Waals surface area contributed by atoms with Crippen LogP contribution in [-0.4, -0.2) is 59.9 Å². The second-order valence-corrected chi connectivity index (χ2v) is 9.71. The number of urea groups is 1. The molecule has 182 valence electrons. The predicted octanol–water partition coefficient (Wildman–Crippen LogP) is 3.76. The molecule has 2 aromatic rings. The number of hydrogen-bond acceptors (Lipinski definition) is 5. The van der Waals surface area contributed by atoms with E-state index in [-0.39, 0.29) is 24.7 Å². The molecule has 2 atom stereocenters. The van der Waals surface area contributed by atoms with Crippen molar-refractivity contribution in [1.82, 2.24) is 9.80 Å². The van der Waals surface area contributed by atoms with E-state index in [0.717, 1.165) is 16.9 Å². The van der Waals surface area contributed by atoms with Crippen molar-refractivity contribution in [1.29, 1.82) is 5.26 Å². The van der Waals surface area contributed by atoms with Crippen LogP contribution in [0.1, 0.15) is 36.3 Å².